The maximum atomic E-state index is 13.8. The summed E-state index contributed by atoms with van der Waals surface area (Å²) in [7, 11) is -1.35. The zero-order valence-corrected chi connectivity index (χ0v) is 11.9. The van der Waals surface area contributed by atoms with Gasteiger partial charge in [0.05, 0.1) is 21.6 Å². The average Bonchev–Trinajstić information content (AvgIpc) is 2.38. The molecular formula is C14H13ClFNOS. The lowest BCUT2D eigenvalue weighted by molar-refractivity contribution is 0.615. The normalized spacial score (nSPS) is 12.4. The van der Waals surface area contributed by atoms with E-state index in [2.05, 4.69) is 0 Å². The number of aryl methyl sites for hydroxylation is 1. The second kappa shape index (κ2) is 5.72. The molecule has 0 radical (unpaired) electrons. The molecule has 19 heavy (non-hydrogen) atoms. The minimum absolute atomic E-state index is 0.0406. The molecule has 2 aromatic rings. The van der Waals surface area contributed by atoms with E-state index in [1.165, 1.54) is 6.07 Å². The highest BCUT2D eigenvalue weighted by atomic mass is 35.5. The van der Waals surface area contributed by atoms with Gasteiger partial charge in [-0.25, -0.2) is 4.39 Å². The van der Waals surface area contributed by atoms with Crippen LogP contribution in [0, 0.1) is 12.7 Å². The third-order valence-corrected chi connectivity index (χ3v) is 4.57. The van der Waals surface area contributed by atoms with E-state index in [9.17, 15) is 8.60 Å². The van der Waals surface area contributed by atoms with Crippen LogP contribution in [-0.4, -0.2) is 4.21 Å². The molecule has 100 valence electrons. The van der Waals surface area contributed by atoms with E-state index < -0.39 is 16.6 Å². The Morgan fingerprint density at radius 2 is 2.05 bits per heavy atom. The smallest absolute Gasteiger partial charge is 0.145 e. The SMILES string of the molecule is Cc1ccc(N)cc1S(=O)Cc1cccc(Cl)c1F. The highest BCUT2D eigenvalue weighted by molar-refractivity contribution is 7.84. The van der Waals surface area contributed by atoms with Crippen LogP contribution in [0.15, 0.2) is 41.3 Å². The third kappa shape index (κ3) is 3.14. The topological polar surface area (TPSA) is 43.1 Å². The summed E-state index contributed by atoms with van der Waals surface area (Å²) in [5.41, 5.74) is 7.44. The Bertz CT molecular complexity index is 645. The van der Waals surface area contributed by atoms with Crippen LogP contribution in [0.1, 0.15) is 11.1 Å². The van der Waals surface area contributed by atoms with E-state index in [0.717, 1.165) is 5.56 Å². The quantitative estimate of drug-likeness (QED) is 0.878. The Morgan fingerprint density at radius 1 is 1.32 bits per heavy atom. The number of hydrogen-bond acceptors (Lipinski definition) is 2. The Kier molecular flexibility index (Phi) is 4.22. The van der Waals surface area contributed by atoms with Gasteiger partial charge in [0.15, 0.2) is 0 Å². The van der Waals surface area contributed by atoms with E-state index in [1.807, 2.05) is 6.92 Å². The maximum Gasteiger partial charge on any atom is 0.145 e. The lowest BCUT2D eigenvalue weighted by atomic mass is 10.2. The van der Waals surface area contributed by atoms with Crippen LogP contribution in [0.2, 0.25) is 5.02 Å². The van der Waals surface area contributed by atoms with Gasteiger partial charge < -0.3 is 5.73 Å². The monoisotopic (exact) mass is 297 g/mol. The first-order chi connectivity index (χ1) is 8.99. The van der Waals surface area contributed by atoms with Crippen LogP contribution in [-0.2, 0) is 16.6 Å². The first-order valence-corrected chi connectivity index (χ1v) is 7.36. The van der Waals surface area contributed by atoms with Crippen molar-refractivity contribution in [3.63, 3.8) is 0 Å². The molecular weight excluding hydrogens is 285 g/mol. The molecule has 0 aliphatic rings. The average molecular weight is 298 g/mol. The summed E-state index contributed by atoms with van der Waals surface area (Å²) in [5, 5.41) is 0.0406. The summed E-state index contributed by atoms with van der Waals surface area (Å²) < 4.78 is 26.1. The van der Waals surface area contributed by atoms with E-state index in [4.69, 9.17) is 17.3 Å². The molecule has 2 aromatic carbocycles. The van der Waals surface area contributed by atoms with Gasteiger partial charge >= 0.3 is 0 Å². The predicted molar refractivity (Wildman–Crippen MR) is 77.1 cm³/mol. The van der Waals surface area contributed by atoms with E-state index in [1.54, 1.807) is 30.3 Å². The van der Waals surface area contributed by atoms with Gasteiger partial charge in [0.2, 0.25) is 0 Å². The van der Waals surface area contributed by atoms with Crippen molar-refractivity contribution in [1.29, 1.82) is 0 Å². The first-order valence-electron chi connectivity index (χ1n) is 5.66. The molecule has 0 aromatic heterocycles. The largest absolute Gasteiger partial charge is 0.399 e. The fourth-order valence-corrected chi connectivity index (χ4v) is 3.29. The molecule has 0 aliphatic heterocycles. The Morgan fingerprint density at radius 3 is 2.79 bits per heavy atom. The minimum atomic E-state index is -1.35. The van der Waals surface area contributed by atoms with Crippen LogP contribution in [0.25, 0.3) is 0 Å². The van der Waals surface area contributed by atoms with Gasteiger partial charge in [-0.15, -0.1) is 0 Å². The number of rotatable bonds is 3. The van der Waals surface area contributed by atoms with Gasteiger partial charge in [-0.2, -0.15) is 0 Å². The molecule has 5 heteroatoms. The van der Waals surface area contributed by atoms with Crippen molar-refractivity contribution in [3.8, 4) is 0 Å². The van der Waals surface area contributed by atoms with Crippen LogP contribution in [0.3, 0.4) is 0 Å². The number of halogens is 2. The molecule has 0 aliphatic carbocycles. The van der Waals surface area contributed by atoms with Gasteiger partial charge in [0, 0.05) is 16.1 Å². The van der Waals surface area contributed by atoms with Crippen LogP contribution in [0.5, 0.6) is 0 Å². The third-order valence-electron chi connectivity index (χ3n) is 2.78. The van der Waals surface area contributed by atoms with Crippen molar-refractivity contribution in [3.05, 3.63) is 58.4 Å². The number of hydrogen-bond donors (Lipinski definition) is 1. The van der Waals surface area contributed by atoms with E-state index >= 15 is 0 Å². The summed E-state index contributed by atoms with van der Waals surface area (Å²) >= 11 is 5.71. The highest BCUT2D eigenvalue weighted by Crippen LogP contribution is 2.23. The fraction of sp³-hybridized carbons (Fsp3) is 0.143. The van der Waals surface area contributed by atoms with Gasteiger partial charge in [0.25, 0.3) is 0 Å². The molecule has 1 atom stereocenters. The van der Waals surface area contributed by atoms with Crippen molar-refractivity contribution in [2.75, 3.05) is 5.73 Å². The van der Waals surface area contributed by atoms with Crippen molar-refractivity contribution in [2.45, 2.75) is 17.6 Å². The standard InChI is InChI=1S/C14H13ClFNOS/c1-9-5-6-11(17)7-13(9)19(18)8-10-3-2-4-12(15)14(10)16/h2-7H,8,17H2,1H3. The predicted octanol–water partition coefficient (Wildman–Crippen LogP) is 3.68. The van der Waals surface area contributed by atoms with Crippen molar-refractivity contribution < 1.29 is 8.60 Å². The van der Waals surface area contributed by atoms with E-state index in [0.29, 0.717) is 16.1 Å². The summed E-state index contributed by atoms with van der Waals surface area (Å²) in [4.78, 5) is 0.624. The first kappa shape index (κ1) is 14.0. The van der Waals surface area contributed by atoms with Gasteiger partial charge in [0.1, 0.15) is 5.82 Å². The molecule has 2 rings (SSSR count). The summed E-state index contributed by atoms with van der Waals surface area (Å²) in [6, 6.07) is 9.90. The van der Waals surface area contributed by atoms with Crippen LogP contribution < -0.4 is 5.73 Å². The molecule has 2 nitrogen and oxygen atoms in total. The Labute approximate surface area is 118 Å². The van der Waals surface area contributed by atoms with Crippen LogP contribution >= 0.6 is 11.6 Å². The summed E-state index contributed by atoms with van der Waals surface area (Å²) in [5.74, 6) is -0.435. The lowest BCUT2D eigenvalue weighted by Gasteiger charge is -2.08. The molecule has 0 saturated heterocycles. The van der Waals surface area contributed by atoms with Gasteiger partial charge in [-0.1, -0.05) is 29.8 Å². The summed E-state index contributed by atoms with van der Waals surface area (Å²) in [6.07, 6.45) is 0. The van der Waals surface area contributed by atoms with Crippen molar-refractivity contribution in [1.82, 2.24) is 0 Å². The lowest BCUT2D eigenvalue weighted by Crippen LogP contribution is -2.02. The van der Waals surface area contributed by atoms with Crippen molar-refractivity contribution in [2.24, 2.45) is 0 Å². The maximum absolute atomic E-state index is 13.8. The zero-order chi connectivity index (χ0) is 14.0. The molecule has 0 fully saturated rings. The summed E-state index contributed by atoms with van der Waals surface area (Å²) in [6.45, 7) is 1.85. The molecule has 0 bridgehead atoms. The molecule has 0 heterocycles. The molecule has 0 spiro atoms. The second-order valence-electron chi connectivity index (χ2n) is 4.23. The van der Waals surface area contributed by atoms with Gasteiger partial charge in [-0.3, -0.25) is 4.21 Å². The van der Waals surface area contributed by atoms with E-state index in [-0.39, 0.29) is 10.8 Å². The molecule has 1 unspecified atom stereocenters. The minimum Gasteiger partial charge on any atom is -0.399 e. The van der Waals surface area contributed by atoms with Gasteiger partial charge in [-0.05, 0) is 30.7 Å². The highest BCUT2D eigenvalue weighted by Gasteiger charge is 2.13. The number of nitrogen functional groups attached to an aromatic ring is 1. The Balaban J connectivity index is 2.31. The Hall–Kier alpha value is -1.39. The van der Waals surface area contributed by atoms with Crippen LogP contribution in [0.4, 0.5) is 10.1 Å². The number of benzene rings is 2. The number of nitrogens with two attached hydrogens (primary N) is 1. The molecule has 2 N–H and O–H groups in total. The second-order valence-corrected chi connectivity index (χ2v) is 6.05. The van der Waals surface area contributed by atoms with Crippen molar-refractivity contribution >= 4 is 28.1 Å². The molecule has 0 amide bonds. The molecule has 0 saturated carbocycles. The number of anilines is 1. The fourth-order valence-electron chi connectivity index (χ4n) is 1.74. The zero-order valence-electron chi connectivity index (χ0n) is 10.3.